The van der Waals surface area contributed by atoms with Gasteiger partial charge in [0.25, 0.3) is 0 Å². The number of hydrogen-bond donors (Lipinski definition) is 0. The fourth-order valence-corrected chi connectivity index (χ4v) is 4.83. The molecule has 0 spiro atoms. The molecule has 154 valence electrons. The Morgan fingerprint density at radius 1 is 1.17 bits per heavy atom. The number of para-hydroxylation sites is 2. The van der Waals surface area contributed by atoms with E-state index in [1.807, 2.05) is 41.1 Å². The molecule has 0 radical (unpaired) electrons. The molecule has 1 atom stereocenters. The molecule has 4 heterocycles. The molecule has 4 aromatic rings. The Morgan fingerprint density at radius 3 is 2.87 bits per heavy atom. The van der Waals surface area contributed by atoms with Crippen LogP contribution in [0.25, 0.3) is 16.8 Å². The van der Waals surface area contributed by atoms with Crippen molar-refractivity contribution in [1.29, 1.82) is 0 Å². The molecule has 1 unspecified atom stereocenters. The van der Waals surface area contributed by atoms with Gasteiger partial charge in [-0.15, -0.1) is 0 Å². The number of hydrogen-bond acceptors (Lipinski definition) is 4. The van der Waals surface area contributed by atoms with Crippen molar-refractivity contribution in [3.05, 3.63) is 82.4 Å². The first-order valence-electron chi connectivity index (χ1n) is 10.5. The summed E-state index contributed by atoms with van der Waals surface area (Å²) in [6.07, 6.45) is 5.76. The highest BCUT2D eigenvalue weighted by atomic mass is 16.4. The van der Waals surface area contributed by atoms with E-state index in [2.05, 4.69) is 40.4 Å². The molecule has 1 aromatic carbocycles. The van der Waals surface area contributed by atoms with Crippen molar-refractivity contribution in [3.8, 4) is 5.69 Å². The van der Waals surface area contributed by atoms with Gasteiger partial charge in [-0.3, -0.25) is 14.5 Å². The van der Waals surface area contributed by atoms with Gasteiger partial charge in [0.05, 0.1) is 23.4 Å². The lowest BCUT2D eigenvalue weighted by Gasteiger charge is -2.33. The largest absolute Gasteiger partial charge is 0.420 e. The SMILES string of the molecule is Cc1cc(CN2CCCC(n3c(=O)oc4ccccc43)C2)c(C)n1-c1cccnc1. The standard InChI is InChI=1S/C24H26N4O2/c1-17-13-19(18(2)27(17)20-7-5-11-25-14-20)15-26-12-6-8-21(16-26)28-22-9-3-4-10-23(22)30-24(28)29/h3-5,7,9-11,13-14,21H,6,8,12,15-16H2,1-2H3. The van der Waals surface area contributed by atoms with Crippen molar-refractivity contribution >= 4 is 11.1 Å². The second-order valence-electron chi connectivity index (χ2n) is 8.18. The van der Waals surface area contributed by atoms with E-state index < -0.39 is 0 Å². The average Bonchev–Trinajstić information content (AvgIpc) is 3.23. The minimum Gasteiger partial charge on any atom is -0.408 e. The Bertz CT molecular complexity index is 1240. The van der Waals surface area contributed by atoms with E-state index >= 15 is 0 Å². The molecule has 3 aromatic heterocycles. The number of nitrogens with zero attached hydrogens (tertiary/aromatic N) is 4. The van der Waals surface area contributed by atoms with Crippen LogP contribution in [0.15, 0.2) is 64.1 Å². The first kappa shape index (κ1) is 18.9. The smallest absolute Gasteiger partial charge is 0.408 e. The van der Waals surface area contributed by atoms with E-state index in [-0.39, 0.29) is 11.8 Å². The van der Waals surface area contributed by atoms with Crippen molar-refractivity contribution < 1.29 is 4.42 Å². The second-order valence-corrected chi connectivity index (χ2v) is 8.18. The Morgan fingerprint density at radius 2 is 2.03 bits per heavy atom. The predicted octanol–water partition coefficient (Wildman–Crippen LogP) is 4.23. The molecule has 1 aliphatic heterocycles. The van der Waals surface area contributed by atoms with Gasteiger partial charge in [-0.25, -0.2) is 4.79 Å². The lowest BCUT2D eigenvalue weighted by Crippen LogP contribution is -2.38. The quantitative estimate of drug-likeness (QED) is 0.512. The topological polar surface area (TPSA) is 56.2 Å². The summed E-state index contributed by atoms with van der Waals surface area (Å²) in [6.45, 7) is 7.07. The minimum absolute atomic E-state index is 0.136. The van der Waals surface area contributed by atoms with E-state index in [0.717, 1.165) is 43.7 Å². The Kier molecular flexibility index (Phi) is 4.79. The van der Waals surface area contributed by atoms with Crippen molar-refractivity contribution in [3.63, 3.8) is 0 Å². The van der Waals surface area contributed by atoms with Crippen LogP contribution in [-0.4, -0.2) is 32.1 Å². The zero-order valence-electron chi connectivity index (χ0n) is 17.4. The summed E-state index contributed by atoms with van der Waals surface area (Å²) in [4.78, 5) is 19.3. The van der Waals surface area contributed by atoms with Gasteiger partial charge in [0.2, 0.25) is 0 Å². The molecule has 0 saturated carbocycles. The first-order chi connectivity index (χ1) is 14.6. The van der Waals surface area contributed by atoms with E-state index in [0.29, 0.717) is 5.58 Å². The van der Waals surface area contributed by atoms with Gasteiger partial charge in [-0.05, 0) is 69.1 Å². The van der Waals surface area contributed by atoms with Gasteiger partial charge in [0.1, 0.15) is 0 Å². The number of pyridine rings is 1. The van der Waals surface area contributed by atoms with E-state index in [1.165, 1.54) is 17.0 Å². The third-order valence-electron chi connectivity index (χ3n) is 6.20. The summed E-state index contributed by atoms with van der Waals surface area (Å²) < 4.78 is 9.58. The summed E-state index contributed by atoms with van der Waals surface area (Å²) in [6, 6.07) is 14.2. The molecular formula is C24H26N4O2. The molecule has 0 amide bonds. The summed E-state index contributed by atoms with van der Waals surface area (Å²) in [5.41, 5.74) is 6.42. The van der Waals surface area contributed by atoms with Crippen LogP contribution in [0.4, 0.5) is 0 Å². The highest BCUT2D eigenvalue weighted by molar-refractivity contribution is 5.72. The first-order valence-corrected chi connectivity index (χ1v) is 10.5. The van der Waals surface area contributed by atoms with E-state index in [1.54, 1.807) is 6.20 Å². The Balaban J connectivity index is 1.40. The molecule has 0 aliphatic carbocycles. The third-order valence-corrected chi connectivity index (χ3v) is 6.20. The van der Waals surface area contributed by atoms with Crippen LogP contribution >= 0.6 is 0 Å². The molecule has 0 N–H and O–H groups in total. The molecule has 6 heteroatoms. The van der Waals surface area contributed by atoms with Gasteiger partial charge < -0.3 is 8.98 Å². The summed E-state index contributed by atoms with van der Waals surface area (Å²) in [5, 5.41) is 0. The van der Waals surface area contributed by atoms with Crippen LogP contribution in [0, 0.1) is 13.8 Å². The maximum absolute atomic E-state index is 12.5. The number of likely N-dealkylation sites (tertiary alicyclic amines) is 1. The fourth-order valence-electron chi connectivity index (χ4n) is 4.83. The Hall–Kier alpha value is -3.12. The number of aryl methyl sites for hydroxylation is 1. The molecule has 1 saturated heterocycles. The Labute approximate surface area is 175 Å². The maximum Gasteiger partial charge on any atom is 0.420 e. The van der Waals surface area contributed by atoms with E-state index in [4.69, 9.17) is 4.42 Å². The number of fused-ring (bicyclic) bond motifs is 1. The maximum atomic E-state index is 12.5. The van der Waals surface area contributed by atoms with Crippen molar-refractivity contribution in [2.75, 3.05) is 13.1 Å². The zero-order valence-corrected chi connectivity index (χ0v) is 17.4. The normalized spacial score (nSPS) is 17.6. The number of oxazole rings is 1. The van der Waals surface area contributed by atoms with Crippen molar-refractivity contribution in [1.82, 2.24) is 19.0 Å². The van der Waals surface area contributed by atoms with Crippen LogP contribution in [0.2, 0.25) is 0 Å². The summed E-state index contributed by atoms with van der Waals surface area (Å²) >= 11 is 0. The number of rotatable bonds is 4. The summed E-state index contributed by atoms with van der Waals surface area (Å²) in [7, 11) is 0. The lowest BCUT2D eigenvalue weighted by molar-refractivity contribution is 0.167. The lowest BCUT2D eigenvalue weighted by atomic mass is 10.0. The van der Waals surface area contributed by atoms with Crippen LogP contribution in [0.3, 0.4) is 0 Å². The van der Waals surface area contributed by atoms with Crippen molar-refractivity contribution in [2.45, 2.75) is 39.3 Å². The van der Waals surface area contributed by atoms with Gasteiger partial charge >= 0.3 is 5.76 Å². The zero-order chi connectivity index (χ0) is 20.7. The van der Waals surface area contributed by atoms with Gasteiger partial charge in [0, 0.05) is 30.7 Å². The average molecular weight is 402 g/mol. The van der Waals surface area contributed by atoms with Crippen LogP contribution < -0.4 is 5.76 Å². The molecule has 30 heavy (non-hydrogen) atoms. The van der Waals surface area contributed by atoms with Crippen LogP contribution in [0.1, 0.15) is 35.8 Å². The third kappa shape index (κ3) is 3.27. The predicted molar refractivity (Wildman–Crippen MR) is 117 cm³/mol. The molecule has 6 nitrogen and oxygen atoms in total. The number of piperidine rings is 1. The number of benzene rings is 1. The molecule has 5 rings (SSSR count). The molecular weight excluding hydrogens is 376 g/mol. The second kappa shape index (κ2) is 7.61. The monoisotopic (exact) mass is 402 g/mol. The van der Waals surface area contributed by atoms with Crippen molar-refractivity contribution in [2.24, 2.45) is 0 Å². The number of aromatic nitrogens is 3. The molecule has 1 fully saturated rings. The summed E-state index contributed by atoms with van der Waals surface area (Å²) in [5.74, 6) is -0.252. The van der Waals surface area contributed by atoms with Gasteiger partial charge in [-0.1, -0.05) is 12.1 Å². The molecule has 1 aliphatic rings. The highest BCUT2D eigenvalue weighted by Crippen LogP contribution is 2.27. The fraction of sp³-hybridized carbons (Fsp3) is 0.333. The minimum atomic E-state index is -0.252. The van der Waals surface area contributed by atoms with Gasteiger partial charge in [0.15, 0.2) is 5.58 Å². The van der Waals surface area contributed by atoms with Gasteiger partial charge in [-0.2, -0.15) is 0 Å². The molecule has 0 bridgehead atoms. The highest BCUT2D eigenvalue weighted by Gasteiger charge is 2.26. The van der Waals surface area contributed by atoms with E-state index in [9.17, 15) is 4.79 Å². The van der Waals surface area contributed by atoms with Crippen LogP contribution in [-0.2, 0) is 6.54 Å². The van der Waals surface area contributed by atoms with Crippen LogP contribution in [0.5, 0.6) is 0 Å².